The summed E-state index contributed by atoms with van der Waals surface area (Å²) in [6.45, 7) is 0.654. The van der Waals surface area contributed by atoms with Gasteiger partial charge in [0.15, 0.2) is 5.78 Å². The van der Waals surface area contributed by atoms with Crippen LogP contribution in [0.4, 0.5) is 11.4 Å². The summed E-state index contributed by atoms with van der Waals surface area (Å²) < 4.78 is 5.09. The summed E-state index contributed by atoms with van der Waals surface area (Å²) >= 11 is 0. The van der Waals surface area contributed by atoms with Gasteiger partial charge >= 0.3 is 0 Å². The maximum Gasteiger partial charge on any atom is 0.255 e. The molecule has 0 bridgehead atoms. The number of likely N-dealkylation sites (N-methyl/N-ethyl adjacent to an activating group) is 1. The molecule has 32 heavy (non-hydrogen) atoms. The van der Waals surface area contributed by atoms with Crippen molar-refractivity contribution >= 4 is 29.1 Å². The molecule has 0 aliphatic rings. The predicted molar refractivity (Wildman–Crippen MR) is 128 cm³/mol. The molecule has 2 N–H and O–H groups in total. The number of hydrogen-bond acceptors (Lipinski definition) is 5. The lowest BCUT2D eigenvalue weighted by Crippen LogP contribution is -2.20. The number of nitrogens with zero attached hydrogens (tertiary/aromatic N) is 1. The zero-order valence-corrected chi connectivity index (χ0v) is 18.1. The highest BCUT2D eigenvalue weighted by molar-refractivity contribution is 6.08. The lowest BCUT2D eigenvalue weighted by atomic mass is 10.1. The lowest BCUT2D eigenvalue weighted by Gasteiger charge is -2.17. The number of aliphatic hydroxyl groups excluding tert-OH is 1. The standard InChI is InChI=1S/C26H26N2O4/c1-28(17-18-29)23-12-3-19(4-13-23)5-16-25(30)20-6-10-22(11-7-20)27-26(31)21-8-14-24(32-2)15-9-21/h3-16,29H,17-18H2,1-2H3,(H,27,31)/b16-5+. The number of allylic oxidation sites excluding steroid dienone is 1. The Bertz CT molecular complexity index is 1070. The van der Waals surface area contributed by atoms with Gasteiger partial charge in [0.05, 0.1) is 13.7 Å². The number of benzene rings is 3. The number of amides is 1. The smallest absolute Gasteiger partial charge is 0.255 e. The average molecular weight is 431 g/mol. The van der Waals surface area contributed by atoms with Gasteiger partial charge in [0.1, 0.15) is 5.75 Å². The van der Waals surface area contributed by atoms with Gasteiger partial charge in [0.25, 0.3) is 5.91 Å². The van der Waals surface area contributed by atoms with Crippen LogP contribution in [0.25, 0.3) is 6.08 Å². The lowest BCUT2D eigenvalue weighted by molar-refractivity contribution is 0.102. The van der Waals surface area contributed by atoms with Crippen molar-refractivity contribution in [3.8, 4) is 5.75 Å². The van der Waals surface area contributed by atoms with E-state index >= 15 is 0 Å². The number of hydrogen-bond donors (Lipinski definition) is 2. The third-order valence-corrected chi connectivity index (χ3v) is 4.98. The molecule has 0 saturated carbocycles. The summed E-state index contributed by atoms with van der Waals surface area (Å²) in [5, 5.41) is 11.8. The van der Waals surface area contributed by atoms with Gasteiger partial charge in [-0.2, -0.15) is 0 Å². The van der Waals surface area contributed by atoms with Crippen LogP contribution < -0.4 is 15.0 Å². The van der Waals surface area contributed by atoms with Gasteiger partial charge in [-0.3, -0.25) is 9.59 Å². The molecule has 0 heterocycles. The van der Waals surface area contributed by atoms with Crippen LogP contribution in [0.15, 0.2) is 78.9 Å². The number of methoxy groups -OCH3 is 1. The first-order valence-corrected chi connectivity index (χ1v) is 10.2. The van der Waals surface area contributed by atoms with Gasteiger partial charge in [-0.05, 0) is 72.3 Å². The average Bonchev–Trinajstić information content (AvgIpc) is 2.83. The van der Waals surface area contributed by atoms with Crippen molar-refractivity contribution in [1.82, 2.24) is 0 Å². The fourth-order valence-corrected chi connectivity index (χ4v) is 3.05. The van der Waals surface area contributed by atoms with E-state index in [9.17, 15) is 9.59 Å². The molecular formula is C26H26N2O4. The van der Waals surface area contributed by atoms with E-state index in [1.807, 2.05) is 36.2 Å². The summed E-state index contributed by atoms with van der Waals surface area (Å²) in [5.41, 5.74) is 3.55. The van der Waals surface area contributed by atoms with Crippen LogP contribution in [0, 0.1) is 0 Å². The van der Waals surface area contributed by atoms with Crippen molar-refractivity contribution in [2.45, 2.75) is 0 Å². The second-order valence-corrected chi connectivity index (χ2v) is 7.19. The van der Waals surface area contributed by atoms with E-state index in [2.05, 4.69) is 5.32 Å². The molecule has 0 atom stereocenters. The molecule has 1 amide bonds. The van der Waals surface area contributed by atoms with Gasteiger partial charge in [-0.25, -0.2) is 0 Å². The minimum Gasteiger partial charge on any atom is -0.497 e. The molecule has 0 spiro atoms. The van der Waals surface area contributed by atoms with E-state index in [4.69, 9.17) is 9.84 Å². The number of ketones is 1. The van der Waals surface area contributed by atoms with E-state index < -0.39 is 0 Å². The summed E-state index contributed by atoms with van der Waals surface area (Å²) in [6.07, 6.45) is 3.29. The Labute approximate surface area is 187 Å². The Morgan fingerprint density at radius 2 is 1.56 bits per heavy atom. The first-order valence-electron chi connectivity index (χ1n) is 10.2. The van der Waals surface area contributed by atoms with Gasteiger partial charge in [-0.15, -0.1) is 0 Å². The fourth-order valence-electron chi connectivity index (χ4n) is 3.05. The molecule has 0 unspecified atom stereocenters. The number of aliphatic hydroxyl groups is 1. The third-order valence-electron chi connectivity index (χ3n) is 4.98. The molecule has 164 valence electrons. The minimum atomic E-state index is -0.236. The molecule has 6 nitrogen and oxygen atoms in total. The van der Waals surface area contributed by atoms with Gasteiger partial charge in [0, 0.05) is 36.1 Å². The van der Waals surface area contributed by atoms with Crippen LogP contribution in [0.1, 0.15) is 26.3 Å². The Kier molecular flexibility index (Phi) is 7.78. The highest BCUT2D eigenvalue weighted by Gasteiger charge is 2.08. The summed E-state index contributed by atoms with van der Waals surface area (Å²) in [5.74, 6) is 0.321. The summed E-state index contributed by atoms with van der Waals surface area (Å²) in [4.78, 5) is 26.8. The van der Waals surface area contributed by atoms with E-state index in [0.29, 0.717) is 29.1 Å². The highest BCUT2D eigenvalue weighted by atomic mass is 16.5. The number of carbonyl (C=O) groups excluding carboxylic acids is 2. The van der Waals surface area contributed by atoms with E-state index in [1.54, 1.807) is 61.7 Å². The number of ether oxygens (including phenoxy) is 1. The van der Waals surface area contributed by atoms with Gasteiger partial charge < -0.3 is 20.1 Å². The largest absolute Gasteiger partial charge is 0.497 e. The zero-order chi connectivity index (χ0) is 22.9. The Morgan fingerprint density at radius 1 is 0.938 bits per heavy atom. The second-order valence-electron chi connectivity index (χ2n) is 7.19. The van der Waals surface area contributed by atoms with Gasteiger partial charge in [0.2, 0.25) is 0 Å². The van der Waals surface area contributed by atoms with Crippen LogP contribution >= 0.6 is 0 Å². The normalized spacial score (nSPS) is 10.7. The van der Waals surface area contributed by atoms with Crippen molar-refractivity contribution in [3.63, 3.8) is 0 Å². The van der Waals surface area contributed by atoms with Crippen molar-refractivity contribution in [2.24, 2.45) is 0 Å². The Hall–Kier alpha value is -3.90. The summed E-state index contributed by atoms with van der Waals surface area (Å²) in [6, 6.07) is 21.3. The monoisotopic (exact) mass is 430 g/mol. The SMILES string of the molecule is COc1ccc(C(=O)Nc2ccc(C(=O)/C=C/c3ccc(N(C)CCO)cc3)cc2)cc1. The number of nitrogens with one attached hydrogen (secondary N) is 1. The van der Waals surface area contributed by atoms with Crippen LogP contribution in [-0.2, 0) is 0 Å². The van der Waals surface area contributed by atoms with E-state index in [0.717, 1.165) is 11.3 Å². The highest BCUT2D eigenvalue weighted by Crippen LogP contribution is 2.17. The van der Waals surface area contributed by atoms with Gasteiger partial charge in [-0.1, -0.05) is 18.2 Å². The van der Waals surface area contributed by atoms with Crippen molar-refractivity contribution in [1.29, 1.82) is 0 Å². The minimum absolute atomic E-state index is 0.0939. The first kappa shape index (κ1) is 22.8. The number of rotatable bonds is 9. The first-order chi connectivity index (χ1) is 15.5. The zero-order valence-electron chi connectivity index (χ0n) is 18.1. The molecule has 3 aromatic carbocycles. The van der Waals surface area contributed by atoms with Crippen LogP contribution in [0.5, 0.6) is 5.75 Å². The molecule has 0 aliphatic carbocycles. The molecule has 3 rings (SSSR count). The van der Waals surface area contributed by atoms with Crippen LogP contribution in [0.3, 0.4) is 0 Å². The van der Waals surface area contributed by atoms with Crippen molar-refractivity contribution in [2.75, 3.05) is 37.5 Å². The molecule has 0 fully saturated rings. The Balaban J connectivity index is 1.59. The van der Waals surface area contributed by atoms with Crippen molar-refractivity contribution in [3.05, 3.63) is 95.6 Å². The van der Waals surface area contributed by atoms with E-state index in [1.165, 1.54) is 6.08 Å². The molecule has 0 aromatic heterocycles. The molecule has 6 heteroatoms. The predicted octanol–water partition coefficient (Wildman–Crippen LogP) is 4.27. The van der Waals surface area contributed by atoms with Crippen molar-refractivity contribution < 1.29 is 19.4 Å². The summed E-state index contributed by atoms with van der Waals surface area (Å²) in [7, 11) is 3.48. The van der Waals surface area contributed by atoms with Crippen LogP contribution in [0.2, 0.25) is 0 Å². The van der Waals surface area contributed by atoms with Crippen LogP contribution in [-0.4, -0.2) is 44.1 Å². The molecule has 0 radical (unpaired) electrons. The number of anilines is 2. The maximum atomic E-state index is 12.5. The molecule has 0 saturated heterocycles. The topological polar surface area (TPSA) is 78.9 Å². The molecule has 0 aliphatic heterocycles. The maximum absolute atomic E-state index is 12.5. The molecular weight excluding hydrogens is 404 g/mol. The second kappa shape index (κ2) is 10.9. The van der Waals surface area contributed by atoms with E-state index in [-0.39, 0.29) is 18.3 Å². The third kappa shape index (κ3) is 6.06. The fraction of sp³-hybridized carbons (Fsp3) is 0.154. The number of carbonyl (C=O) groups is 2. The molecule has 3 aromatic rings. The Morgan fingerprint density at radius 3 is 2.16 bits per heavy atom. The quantitative estimate of drug-likeness (QED) is 0.392.